The number of rotatable bonds is 66. The Labute approximate surface area is 714 Å². The Hall–Kier alpha value is -12.2. The first-order valence-corrected chi connectivity index (χ1v) is 41.8. The minimum Gasteiger partial charge on any atom is -0.481 e. The number of carbonyl (C=O) groups excluding carboxylic acids is 11. The fourth-order valence-corrected chi connectivity index (χ4v) is 12.9. The number of amides is 12. The summed E-state index contributed by atoms with van der Waals surface area (Å²) in [7, 11) is 0. The van der Waals surface area contributed by atoms with Gasteiger partial charge in [0.05, 0.1) is 0 Å². The first kappa shape index (κ1) is 103. The summed E-state index contributed by atoms with van der Waals surface area (Å²) < 4.78 is 0. The van der Waals surface area contributed by atoms with Crippen LogP contribution in [0.4, 0.5) is 4.79 Å². The molecule has 0 radical (unpaired) electrons. The number of carboxylic acids is 6. The second-order valence-corrected chi connectivity index (χ2v) is 29.9. The number of hydrogen-bond donors (Lipinski definition) is 20. The molecule has 0 aromatic heterocycles. The van der Waals surface area contributed by atoms with E-state index in [0.717, 1.165) is 36.8 Å². The molecule has 0 aliphatic carbocycles. The van der Waals surface area contributed by atoms with Crippen LogP contribution in [0.5, 0.6) is 0 Å². The average molecular weight is 1720 g/mol. The Morgan fingerprint density at radius 2 is 0.520 bits per heavy atom. The zero-order chi connectivity index (χ0) is 90.1. The molecule has 0 aliphatic heterocycles. The van der Waals surface area contributed by atoms with Gasteiger partial charge in [-0.2, -0.15) is 0 Å². The number of aliphatic hydroxyl groups excluding tert-OH is 1. The molecule has 9 unspecified atom stereocenters. The van der Waals surface area contributed by atoms with Gasteiger partial charge in [-0.1, -0.05) is 160 Å². The van der Waals surface area contributed by atoms with Crippen LogP contribution in [-0.2, 0) is 102 Å². The SMILES string of the molecule is O=C(O)CCC(NC(=O)NC(CCCCNC(=O)CCCCCCCNC(=O)C(Cc1ccccc1)NC(=O)C(Cc1ccccc1)NC(=O)CCCC(=O)NC(=O)CCCC(=O)NC(Cc1ccccc1)C(=O)NC(Cc1ccccc1)C(=O)NCCCCCCCC(=O)NCCCCC(NC(O)NC(CCC(=O)O)C(=O)O)C(=O)O)C(=O)O)C(=O)O. The highest BCUT2D eigenvalue weighted by atomic mass is 16.4. The fourth-order valence-electron chi connectivity index (χ4n) is 12.9. The predicted octanol–water partition coefficient (Wildman–Crippen LogP) is 3.66. The highest BCUT2D eigenvalue weighted by Crippen LogP contribution is 2.15. The lowest BCUT2D eigenvalue weighted by molar-refractivity contribution is -0.144. The summed E-state index contributed by atoms with van der Waals surface area (Å²) >= 11 is 0. The van der Waals surface area contributed by atoms with E-state index < -0.39 is 163 Å². The normalized spacial score (nSPS) is 13.1. The maximum Gasteiger partial charge on any atom is 0.326 e. The van der Waals surface area contributed by atoms with Gasteiger partial charge < -0.3 is 88.9 Å². The van der Waals surface area contributed by atoms with Gasteiger partial charge in [0.1, 0.15) is 48.3 Å². The topological polar surface area (TPSA) is 588 Å². The van der Waals surface area contributed by atoms with Crippen molar-refractivity contribution in [3.63, 3.8) is 0 Å². The Kier molecular flexibility index (Phi) is 50.5. The van der Waals surface area contributed by atoms with Crippen LogP contribution in [0.15, 0.2) is 121 Å². The van der Waals surface area contributed by atoms with Crippen LogP contribution < -0.4 is 69.1 Å². The minimum atomic E-state index is -1.75. The zero-order valence-electron chi connectivity index (χ0n) is 69.3. The molecule has 0 aliphatic rings. The molecule has 9 atom stereocenters. The molecule has 37 heteroatoms. The van der Waals surface area contributed by atoms with E-state index in [-0.39, 0.29) is 134 Å². The van der Waals surface area contributed by atoms with E-state index in [9.17, 15) is 107 Å². The van der Waals surface area contributed by atoms with E-state index in [1.165, 1.54) is 0 Å². The van der Waals surface area contributed by atoms with E-state index in [4.69, 9.17) is 10.2 Å². The number of aliphatic carboxylic acids is 6. The largest absolute Gasteiger partial charge is 0.481 e. The van der Waals surface area contributed by atoms with Crippen molar-refractivity contribution >= 4 is 101 Å². The molecule has 123 heavy (non-hydrogen) atoms. The van der Waals surface area contributed by atoms with Gasteiger partial charge in [-0.3, -0.25) is 83.1 Å². The number of imide groups is 1. The fraction of sp³-hybridized carbons (Fsp3) is 0.523. The number of hydrogen-bond acceptors (Lipinski definition) is 20. The molecule has 0 fully saturated rings. The predicted molar refractivity (Wildman–Crippen MR) is 448 cm³/mol. The van der Waals surface area contributed by atoms with Crippen LogP contribution >= 0.6 is 0 Å². The lowest BCUT2D eigenvalue weighted by atomic mass is 10.0. The molecule has 4 rings (SSSR count). The van der Waals surface area contributed by atoms with Gasteiger partial charge in [-0.05, 0) is 112 Å². The lowest BCUT2D eigenvalue weighted by Crippen LogP contribution is -2.55. The van der Waals surface area contributed by atoms with Crippen LogP contribution in [0.1, 0.15) is 202 Å². The smallest absolute Gasteiger partial charge is 0.326 e. The van der Waals surface area contributed by atoms with Crippen molar-refractivity contribution in [1.82, 2.24) is 69.1 Å². The molecule has 37 nitrogen and oxygen atoms in total. The van der Waals surface area contributed by atoms with Crippen LogP contribution in [0.3, 0.4) is 0 Å². The monoisotopic (exact) mass is 1720 g/mol. The number of benzene rings is 4. The Bertz CT molecular complexity index is 4000. The van der Waals surface area contributed by atoms with Crippen LogP contribution in [-0.4, -0.2) is 218 Å². The molecule has 4 aromatic rings. The maximum absolute atomic E-state index is 14.2. The molecule has 4 aromatic carbocycles. The van der Waals surface area contributed by atoms with E-state index in [0.29, 0.717) is 75.3 Å². The second kappa shape index (κ2) is 60.3. The molecule has 12 amide bonds. The molecule has 0 heterocycles. The zero-order valence-corrected chi connectivity index (χ0v) is 69.3. The van der Waals surface area contributed by atoms with Crippen molar-refractivity contribution < 1.29 is 117 Å². The summed E-state index contributed by atoms with van der Waals surface area (Å²) in [5.41, 5.74) is 2.93. The van der Waals surface area contributed by atoms with Gasteiger partial charge in [0.15, 0.2) is 6.35 Å². The second-order valence-electron chi connectivity index (χ2n) is 29.9. The van der Waals surface area contributed by atoms with Crippen LogP contribution in [0.2, 0.25) is 0 Å². The number of carboxylic acid groups (broad SMARTS) is 6. The van der Waals surface area contributed by atoms with Gasteiger partial charge in [0.2, 0.25) is 59.1 Å². The number of unbranched alkanes of at least 4 members (excludes halogenated alkanes) is 10. The van der Waals surface area contributed by atoms with Crippen molar-refractivity contribution in [3.8, 4) is 0 Å². The summed E-state index contributed by atoms with van der Waals surface area (Å²) in [6, 6.07) is 24.8. The van der Waals surface area contributed by atoms with Gasteiger partial charge in [0, 0.05) is 103 Å². The van der Waals surface area contributed by atoms with Crippen LogP contribution in [0, 0.1) is 0 Å². The van der Waals surface area contributed by atoms with E-state index in [1.54, 1.807) is 84.9 Å². The quantitative estimate of drug-likeness (QED) is 0.0221. The molecule has 0 saturated carbocycles. The van der Waals surface area contributed by atoms with E-state index >= 15 is 0 Å². The molecule has 0 bridgehead atoms. The van der Waals surface area contributed by atoms with Gasteiger partial charge >= 0.3 is 41.8 Å². The average Bonchev–Trinajstić information content (AvgIpc) is 0.864. The first-order valence-electron chi connectivity index (χ1n) is 41.8. The van der Waals surface area contributed by atoms with Gasteiger partial charge in [-0.25, -0.2) is 14.4 Å². The third-order valence-corrected chi connectivity index (χ3v) is 19.7. The van der Waals surface area contributed by atoms with E-state index in [1.807, 2.05) is 36.4 Å². The summed E-state index contributed by atoms with van der Waals surface area (Å²) in [5.74, 6) is -13.1. The minimum absolute atomic E-state index is 0.0175. The summed E-state index contributed by atoms with van der Waals surface area (Å²) in [4.78, 5) is 215. The molecular weight excluding hydrogens is 1600 g/mol. The Morgan fingerprint density at radius 1 is 0.244 bits per heavy atom. The van der Waals surface area contributed by atoms with Gasteiger partial charge in [-0.15, -0.1) is 0 Å². The summed E-state index contributed by atoms with van der Waals surface area (Å²) in [6.45, 7) is 1.08. The highest BCUT2D eigenvalue weighted by molar-refractivity contribution is 5.97. The van der Waals surface area contributed by atoms with Crippen molar-refractivity contribution in [1.29, 1.82) is 0 Å². The molecular formula is C86H121N13O24. The van der Waals surface area contributed by atoms with Crippen molar-refractivity contribution in [2.75, 3.05) is 26.2 Å². The molecule has 0 saturated heterocycles. The highest BCUT2D eigenvalue weighted by Gasteiger charge is 2.32. The molecule has 0 spiro atoms. The third-order valence-electron chi connectivity index (χ3n) is 19.7. The first-order chi connectivity index (χ1) is 58.9. The number of urea groups is 1. The molecule has 674 valence electrons. The maximum atomic E-state index is 14.2. The number of aliphatic hydroxyl groups is 1. The van der Waals surface area contributed by atoms with Crippen molar-refractivity contribution in [2.45, 2.75) is 260 Å². The summed E-state index contributed by atoms with van der Waals surface area (Å²) in [6.07, 6.45) is 4.55. The van der Waals surface area contributed by atoms with Crippen molar-refractivity contribution in [2.24, 2.45) is 0 Å². The standard InChI is InChI=1S/C86H121N13O24/c100-69(87-49-25-21-37-61(81(114)115)95-85(122)97-63(83(118)119)45-47-75(106)107)39-19-3-1-5-23-51-89-77(110)65(53-57-29-11-7-12-30-57)93-79(112)67(55-59-33-15-9-16-34-59)91-71(102)41-27-43-73(104)99-74(105)44-28-42-72(103)92-68(56-60-35-17-10-18-36-60)80(113)94-66(54-58-31-13-8-14-32-58)78(111)90-52-24-6-2-4-20-40-70(101)88-50-26-22-38-62(82(116)117)96-86(123)98-64(84(120)121)46-48-76(108)109/h7-18,29-36,61-68,85,95,97,122H,1-6,19-28,37-56H2,(H,87,100)(H,88,101)(H,89,110)(H,90,111)(H,91,102)(H,92,103)(H,93,112)(H,94,113)(H,106,107)(H,108,109)(H,114,115)(H,116,117)(H,118,119)(H,120,121)(H2,96,98,123)(H,99,104,105). The van der Waals surface area contributed by atoms with Crippen molar-refractivity contribution in [3.05, 3.63) is 144 Å². The van der Waals surface area contributed by atoms with E-state index in [2.05, 4.69) is 69.1 Å². The summed E-state index contributed by atoms with van der Waals surface area (Å²) in [5, 5.41) is 99.5. The number of carbonyl (C=O) groups is 17. The Morgan fingerprint density at radius 3 is 0.870 bits per heavy atom. The third kappa shape index (κ3) is 47.5. The Balaban J connectivity index is 1.18. The van der Waals surface area contributed by atoms with Gasteiger partial charge in [0.25, 0.3) is 0 Å². The lowest BCUT2D eigenvalue weighted by Gasteiger charge is -2.24. The number of nitrogens with one attached hydrogen (secondary N) is 13. The van der Waals surface area contributed by atoms with Crippen LogP contribution in [0.25, 0.3) is 0 Å². The molecule has 20 N–H and O–H groups in total.